The molecule has 6 nitrogen and oxygen atoms in total. The van der Waals surface area contributed by atoms with Gasteiger partial charge in [0.05, 0.1) is 11.3 Å². The minimum Gasteiger partial charge on any atom is -0.460 e. The summed E-state index contributed by atoms with van der Waals surface area (Å²) < 4.78 is 16.3. The smallest absolute Gasteiger partial charge is 0.344 e. The topological polar surface area (TPSA) is 78.9 Å². The molecule has 4 aliphatic rings. The van der Waals surface area contributed by atoms with Crippen molar-refractivity contribution >= 4 is 17.9 Å². The predicted octanol–water partition coefficient (Wildman–Crippen LogP) is 3.66. The zero-order valence-corrected chi connectivity index (χ0v) is 18.0. The summed E-state index contributed by atoms with van der Waals surface area (Å²) in [5, 5.41) is 0. The summed E-state index contributed by atoms with van der Waals surface area (Å²) in [6.07, 6.45) is 4.41. The molecule has 0 aromatic carbocycles. The second-order valence-corrected chi connectivity index (χ2v) is 10.9. The molecule has 0 spiro atoms. The van der Waals surface area contributed by atoms with E-state index in [0.29, 0.717) is 24.7 Å². The molecule has 28 heavy (non-hydrogen) atoms. The van der Waals surface area contributed by atoms with Gasteiger partial charge in [-0.25, -0.2) is 4.79 Å². The molecule has 0 amide bonds. The van der Waals surface area contributed by atoms with Gasteiger partial charge in [-0.05, 0) is 91.4 Å². The fraction of sp³-hybridized carbons (Fsp3) is 0.864. The molecule has 4 fully saturated rings. The maximum atomic E-state index is 13.2. The molecular formula is C22H34O6. The van der Waals surface area contributed by atoms with E-state index in [9.17, 15) is 14.4 Å². The van der Waals surface area contributed by atoms with Gasteiger partial charge in [0.2, 0.25) is 0 Å². The lowest BCUT2D eigenvalue weighted by Crippen LogP contribution is -2.60. The van der Waals surface area contributed by atoms with Crippen LogP contribution in [0.5, 0.6) is 0 Å². The van der Waals surface area contributed by atoms with Gasteiger partial charge < -0.3 is 14.2 Å². The van der Waals surface area contributed by atoms with E-state index < -0.39 is 41.1 Å². The first kappa shape index (κ1) is 21.1. The summed E-state index contributed by atoms with van der Waals surface area (Å²) in [4.78, 5) is 38.2. The van der Waals surface area contributed by atoms with E-state index in [4.69, 9.17) is 14.2 Å². The van der Waals surface area contributed by atoms with Crippen molar-refractivity contribution in [1.29, 1.82) is 0 Å². The highest BCUT2D eigenvalue weighted by Gasteiger charge is 2.64. The number of rotatable bonds is 4. The normalized spacial score (nSPS) is 34.1. The Bertz CT molecular complexity index is 639. The average Bonchev–Trinajstić information content (AvgIpc) is 2.48. The molecule has 0 radical (unpaired) electrons. The zero-order chi connectivity index (χ0) is 20.9. The van der Waals surface area contributed by atoms with E-state index in [1.54, 1.807) is 20.8 Å². The Morgan fingerprint density at radius 1 is 0.857 bits per heavy atom. The van der Waals surface area contributed by atoms with Crippen molar-refractivity contribution in [2.75, 3.05) is 6.61 Å². The van der Waals surface area contributed by atoms with Crippen LogP contribution < -0.4 is 0 Å². The minimum atomic E-state index is -0.812. The molecule has 0 aromatic rings. The quantitative estimate of drug-likeness (QED) is 0.535. The van der Waals surface area contributed by atoms with Crippen LogP contribution >= 0.6 is 0 Å². The van der Waals surface area contributed by atoms with Crippen molar-refractivity contribution in [3.63, 3.8) is 0 Å². The SMILES string of the molecule is CC(C)(C)OC(=O)COC(=O)C1C2CC3CC(C2)CC1(C(=O)OC(C)(C)C)C3. The summed E-state index contributed by atoms with van der Waals surface area (Å²) in [6, 6.07) is 0. The van der Waals surface area contributed by atoms with E-state index in [-0.39, 0.29) is 11.9 Å². The van der Waals surface area contributed by atoms with Gasteiger partial charge in [0, 0.05) is 0 Å². The monoisotopic (exact) mass is 394 g/mol. The summed E-state index contributed by atoms with van der Waals surface area (Å²) >= 11 is 0. The van der Waals surface area contributed by atoms with Crippen molar-refractivity contribution in [2.45, 2.75) is 84.8 Å². The van der Waals surface area contributed by atoms with Gasteiger partial charge in [-0.1, -0.05) is 0 Å². The maximum Gasteiger partial charge on any atom is 0.344 e. The zero-order valence-electron chi connectivity index (χ0n) is 18.0. The van der Waals surface area contributed by atoms with Crippen molar-refractivity contribution < 1.29 is 28.6 Å². The molecule has 4 bridgehead atoms. The Morgan fingerprint density at radius 2 is 1.39 bits per heavy atom. The highest BCUT2D eigenvalue weighted by Crippen LogP contribution is 2.63. The maximum absolute atomic E-state index is 13.2. The average molecular weight is 395 g/mol. The van der Waals surface area contributed by atoms with E-state index in [2.05, 4.69) is 0 Å². The van der Waals surface area contributed by atoms with Gasteiger partial charge in [-0.15, -0.1) is 0 Å². The van der Waals surface area contributed by atoms with Crippen LogP contribution in [-0.4, -0.2) is 35.7 Å². The molecule has 4 saturated carbocycles. The minimum absolute atomic E-state index is 0.130. The molecule has 4 aliphatic carbocycles. The third-order valence-electron chi connectivity index (χ3n) is 6.12. The lowest BCUT2D eigenvalue weighted by atomic mass is 9.45. The van der Waals surface area contributed by atoms with E-state index in [1.807, 2.05) is 20.8 Å². The van der Waals surface area contributed by atoms with Gasteiger partial charge >= 0.3 is 17.9 Å². The number of hydrogen-bond acceptors (Lipinski definition) is 6. The summed E-state index contributed by atoms with van der Waals surface area (Å²) in [7, 11) is 0. The van der Waals surface area contributed by atoms with Crippen LogP contribution in [0.25, 0.3) is 0 Å². The summed E-state index contributed by atoms with van der Waals surface area (Å²) in [6.45, 7) is 10.4. The second kappa shape index (κ2) is 7.03. The van der Waals surface area contributed by atoms with E-state index >= 15 is 0 Å². The largest absolute Gasteiger partial charge is 0.460 e. The highest BCUT2D eigenvalue weighted by atomic mass is 16.6. The van der Waals surface area contributed by atoms with Crippen LogP contribution in [0.1, 0.15) is 73.6 Å². The molecule has 3 atom stereocenters. The molecule has 158 valence electrons. The lowest BCUT2D eigenvalue weighted by molar-refractivity contribution is -0.204. The Hall–Kier alpha value is -1.59. The summed E-state index contributed by atoms with van der Waals surface area (Å²) in [5.74, 6) is -0.767. The molecule has 6 heteroatoms. The summed E-state index contributed by atoms with van der Waals surface area (Å²) in [5.41, 5.74) is -2.05. The molecule has 0 saturated heterocycles. The fourth-order valence-corrected chi connectivity index (χ4v) is 5.72. The predicted molar refractivity (Wildman–Crippen MR) is 102 cm³/mol. The van der Waals surface area contributed by atoms with Crippen molar-refractivity contribution in [3.8, 4) is 0 Å². The molecular weight excluding hydrogens is 360 g/mol. The molecule has 0 heterocycles. The third-order valence-corrected chi connectivity index (χ3v) is 6.12. The number of carbonyl (C=O) groups is 3. The van der Waals surface area contributed by atoms with Gasteiger partial charge in [-0.3, -0.25) is 9.59 Å². The van der Waals surface area contributed by atoms with Crippen LogP contribution in [-0.2, 0) is 28.6 Å². The number of ether oxygens (including phenoxy) is 3. The number of hydrogen-bond donors (Lipinski definition) is 0. The van der Waals surface area contributed by atoms with E-state index in [0.717, 1.165) is 19.3 Å². The first-order valence-electron chi connectivity index (χ1n) is 10.4. The lowest BCUT2D eigenvalue weighted by Gasteiger charge is -2.58. The third kappa shape index (κ3) is 4.36. The first-order chi connectivity index (χ1) is 12.8. The van der Waals surface area contributed by atoms with Crippen LogP contribution in [0.15, 0.2) is 0 Å². The van der Waals surface area contributed by atoms with Crippen molar-refractivity contribution in [2.24, 2.45) is 29.1 Å². The molecule has 0 aliphatic heterocycles. The molecule has 3 unspecified atom stereocenters. The van der Waals surface area contributed by atoms with Crippen LogP contribution in [0.2, 0.25) is 0 Å². The van der Waals surface area contributed by atoms with E-state index in [1.165, 1.54) is 0 Å². The van der Waals surface area contributed by atoms with Gasteiger partial charge in [-0.2, -0.15) is 0 Å². The Morgan fingerprint density at radius 3 is 1.89 bits per heavy atom. The van der Waals surface area contributed by atoms with Crippen LogP contribution in [0.4, 0.5) is 0 Å². The molecule has 0 N–H and O–H groups in total. The van der Waals surface area contributed by atoms with Gasteiger partial charge in [0.1, 0.15) is 11.2 Å². The second-order valence-electron chi connectivity index (χ2n) is 10.9. The first-order valence-corrected chi connectivity index (χ1v) is 10.4. The van der Waals surface area contributed by atoms with Crippen LogP contribution in [0.3, 0.4) is 0 Å². The number of esters is 3. The van der Waals surface area contributed by atoms with Crippen molar-refractivity contribution in [1.82, 2.24) is 0 Å². The van der Waals surface area contributed by atoms with Crippen LogP contribution in [0, 0.1) is 29.1 Å². The van der Waals surface area contributed by atoms with Gasteiger partial charge in [0.25, 0.3) is 0 Å². The Kier molecular flexibility index (Phi) is 5.30. The van der Waals surface area contributed by atoms with Crippen molar-refractivity contribution in [3.05, 3.63) is 0 Å². The Balaban J connectivity index is 1.76. The fourth-order valence-electron chi connectivity index (χ4n) is 5.72. The Labute approximate surface area is 167 Å². The van der Waals surface area contributed by atoms with Gasteiger partial charge in [0.15, 0.2) is 6.61 Å². The molecule has 0 aromatic heterocycles. The highest BCUT2D eigenvalue weighted by molar-refractivity contribution is 5.87. The standard InChI is InChI=1S/C22H34O6/c1-20(2,3)27-16(23)12-26-18(24)17-15-8-13-7-14(9-15)11-22(17,10-13)19(25)28-21(4,5)6/h13-15,17H,7-12H2,1-6H3. The molecule has 4 rings (SSSR count). The number of carbonyl (C=O) groups excluding carboxylic acids is 3.